The molecule has 0 saturated heterocycles. The van der Waals surface area contributed by atoms with Gasteiger partial charge in [0.2, 0.25) is 5.69 Å². The SMILES string of the molecule is [2H]C1(c2ccc(-c3cc[n+](C)c(-c4ccccc4C)c3)cc2)CC[C@]2(C)CCCC[C@H]2C1. The second-order valence-electron chi connectivity index (χ2n) is 10.2. The Kier molecular flexibility index (Phi) is 5.14. The van der Waals surface area contributed by atoms with Gasteiger partial charge in [-0.25, -0.2) is 4.57 Å². The summed E-state index contributed by atoms with van der Waals surface area (Å²) in [5, 5.41) is 0. The first-order chi connectivity index (χ1) is 15.4. The van der Waals surface area contributed by atoms with Crippen molar-refractivity contribution in [2.75, 3.05) is 0 Å². The number of nitrogens with zero attached hydrogens (tertiary/aromatic N) is 1. The van der Waals surface area contributed by atoms with E-state index in [0.717, 1.165) is 12.8 Å². The number of pyridine rings is 1. The van der Waals surface area contributed by atoms with Crippen molar-refractivity contribution in [2.45, 2.75) is 64.7 Å². The van der Waals surface area contributed by atoms with E-state index in [1.165, 1.54) is 65.6 Å². The summed E-state index contributed by atoms with van der Waals surface area (Å²) in [6.07, 6.45) is 10.8. The number of hydrogen-bond acceptors (Lipinski definition) is 0. The second kappa shape index (κ2) is 8.26. The Bertz CT molecular complexity index is 1120. The molecule has 3 atom stereocenters. The Morgan fingerprint density at radius 1 is 0.935 bits per heavy atom. The molecule has 0 radical (unpaired) electrons. The van der Waals surface area contributed by atoms with Crippen molar-refractivity contribution < 1.29 is 5.94 Å². The van der Waals surface area contributed by atoms with Crippen LogP contribution in [0.5, 0.6) is 0 Å². The third-order valence-electron chi connectivity index (χ3n) is 8.22. The molecule has 1 heterocycles. The van der Waals surface area contributed by atoms with E-state index >= 15 is 0 Å². The van der Waals surface area contributed by atoms with E-state index in [1.807, 2.05) is 0 Å². The molecule has 2 saturated carbocycles. The van der Waals surface area contributed by atoms with Gasteiger partial charge >= 0.3 is 0 Å². The highest BCUT2D eigenvalue weighted by molar-refractivity contribution is 5.70. The number of hydrogen-bond donors (Lipinski definition) is 0. The van der Waals surface area contributed by atoms with Gasteiger partial charge in [0.15, 0.2) is 6.20 Å². The van der Waals surface area contributed by atoms with Crippen LogP contribution in [-0.2, 0) is 7.05 Å². The highest BCUT2D eigenvalue weighted by atomic mass is 14.9. The maximum absolute atomic E-state index is 9.34. The van der Waals surface area contributed by atoms with E-state index in [1.54, 1.807) is 0 Å². The van der Waals surface area contributed by atoms with Crippen LogP contribution in [0.25, 0.3) is 22.4 Å². The molecule has 160 valence electrons. The van der Waals surface area contributed by atoms with E-state index < -0.39 is 5.89 Å². The molecule has 31 heavy (non-hydrogen) atoms. The summed E-state index contributed by atoms with van der Waals surface area (Å²) in [7, 11) is 2.11. The van der Waals surface area contributed by atoms with Crippen LogP contribution in [0.15, 0.2) is 66.9 Å². The number of benzene rings is 2. The average molecular weight is 412 g/mol. The van der Waals surface area contributed by atoms with E-state index in [0.29, 0.717) is 11.3 Å². The van der Waals surface area contributed by atoms with Crippen LogP contribution in [0.1, 0.15) is 70.3 Å². The lowest BCUT2D eigenvalue weighted by Crippen LogP contribution is -2.36. The van der Waals surface area contributed by atoms with Crippen molar-refractivity contribution >= 4 is 0 Å². The van der Waals surface area contributed by atoms with Crippen LogP contribution >= 0.6 is 0 Å². The summed E-state index contributed by atoms with van der Waals surface area (Å²) in [6.45, 7) is 4.66. The number of rotatable bonds is 3. The zero-order valence-corrected chi connectivity index (χ0v) is 19.3. The van der Waals surface area contributed by atoms with Crippen LogP contribution < -0.4 is 4.57 Å². The third kappa shape index (κ3) is 3.95. The molecule has 5 rings (SSSR count). The molecule has 1 nitrogen and oxygen atoms in total. The van der Waals surface area contributed by atoms with Gasteiger partial charge in [0.25, 0.3) is 0 Å². The van der Waals surface area contributed by atoms with Crippen molar-refractivity contribution in [1.82, 2.24) is 0 Å². The monoisotopic (exact) mass is 411 g/mol. The predicted molar refractivity (Wildman–Crippen MR) is 130 cm³/mol. The van der Waals surface area contributed by atoms with Crippen LogP contribution in [0.3, 0.4) is 0 Å². The number of aromatic nitrogens is 1. The Morgan fingerprint density at radius 3 is 2.55 bits per heavy atom. The van der Waals surface area contributed by atoms with E-state index in [9.17, 15) is 1.37 Å². The second-order valence-corrected chi connectivity index (χ2v) is 10.2. The summed E-state index contributed by atoms with van der Waals surface area (Å²) >= 11 is 0. The van der Waals surface area contributed by atoms with Gasteiger partial charge in [-0.15, -0.1) is 0 Å². The topological polar surface area (TPSA) is 3.88 Å². The maximum Gasteiger partial charge on any atom is 0.213 e. The Labute approximate surface area is 189 Å². The normalized spacial score (nSPS) is 28.6. The smallest absolute Gasteiger partial charge is 0.201 e. The highest BCUT2D eigenvalue weighted by Gasteiger charge is 2.41. The number of fused-ring (bicyclic) bond motifs is 1. The van der Waals surface area contributed by atoms with Gasteiger partial charge in [-0.3, -0.25) is 0 Å². The molecule has 2 aliphatic rings. The lowest BCUT2D eigenvalue weighted by Gasteiger charge is -2.48. The molecule has 1 aromatic heterocycles. The minimum absolute atomic E-state index is 0.421. The van der Waals surface area contributed by atoms with Crippen molar-refractivity contribution in [1.29, 1.82) is 0 Å². The van der Waals surface area contributed by atoms with Gasteiger partial charge in [0.05, 0.1) is 0 Å². The molecule has 3 aromatic rings. The minimum atomic E-state index is -0.421. The molecule has 2 aromatic carbocycles. The van der Waals surface area contributed by atoms with Crippen molar-refractivity contribution in [3.8, 4) is 22.4 Å². The first-order valence-electron chi connectivity index (χ1n) is 12.5. The molecule has 0 spiro atoms. The largest absolute Gasteiger partial charge is 0.213 e. The third-order valence-corrected chi connectivity index (χ3v) is 8.22. The molecule has 1 unspecified atom stereocenters. The van der Waals surface area contributed by atoms with E-state index in [-0.39, 0.29) is 0 Å². The lowest BCUT2D eigenvalue weighted by atomic mass is 9.57. The van der Waals surface area contributed by atoms with Crippen LogP contribution in [-0.4, -0.2) is 0 Å². The standard InChI is InChI=1S/C30H36N/c1-22-8-4-5-10-28(22)29-21-26(16-19-31(29)3)24-13-11-23(12-14-24)25-15-18-30(2)17-7-6-9-27(30)20-25/h4-5,8,10-14,16,19,21,25,27H,6-7,9,15,17-18,20H2,1-3H3/q+1/t25?,27-,30-/m0/s1/i25D. The van der Waals surface area contributed by atoms with Crippen molar-refractivity contribution in [3.05, 3.63) is 78.0 Å². The van der Waals surface area contributed by atoms with E-state index in [2.05, 4.69) is 92.3 Å². The molecule has 0 N–H and O–H groups in total. The van der Waals surface area contributed by atoms with Crippen LogP contribution in [0.4, 0.5) is 0 Å². The summed E-state index contributed by atoms with van der Waals surface area (Å²) in [5.41, 5.74) is 7.94. The molecule has 0 bridgehead atoms. The molecule has 1 heteroatoms. The Hall–Kier alpha value is -2.41. The Morgan fingerprint density at radius 2 is 1.74 bits per heavy atom. The molecule has 2 aliphatic carbocycles. The minimum Gasteiger partial charge on any atom is -0.201 e. The fourth-order valence-electron chi connectivity index (χ4n) is 6.02. The molecule has 0 amide bonds. The fraction of sp³-hybridized carbons (Fsp3) is 0.433. The van der Waals surface area contributed by atoms with Gasteiger partial charge in [-0.2, -0.15) is 0 Å². The van der Waals surface area contributed by atoms with Crippen molar-refractivity contribution in [3.63, 3.8) is 0 Å². The average Bonchev–Trinajstić information content (AvgIpc) is 2.80. The highest BCUT2D eigenvalue weighted by Crippen LogP contribution is 2.53. The van der Waals surface area contributed by atoms with Crippen LogP contribution in [0.2, 0.25) is 0 Å². The maximum atomic E-state index is 9.34. The molecule has 0 aliphatic heterocycles. The predicted octanol–water partition coefficient (Wildman–Crippen LogP) is 7.62. The van der Waals surface area contributed by atoms with Gasteiger partial charge < -0.3 is 0 Å². The summed E-state index contributed by atoms with van der Waals surface area (Å²) in [4.78, 5) is 0. The summed E-state index contributed by atoms with van der Waals surface area (Å²) in [6, 6.07) is 22.0. The molecule has 2 fully saturated rings. The van der Waals surface area contributed by atoms with Gasteiger partial charge in [-0.05, 0) is 84.6 Å². The quantitative estimate of drug-likeness (QED) is 0.390. The Balaban J connectivity index is 1.42. The van der Waals surface area contributed by atoms with Gasteiger partial charge in [0.1, 0.15) is 7.05 Å². The molecular weight excluding hydrogens is 374 g/mol. The fourth-order valence-corrected chi connectivity index (χ4v) is 6.02. The lowest BCUT2D eigenvalue weighted by molar-refractivity contribution is -0.660. The summed E-state index contributed by atoms with van der Waals surface area (Å²) in [5.74, 6) is 0.295. The first-order valence-corrected chi connectivity index (χ1v) is 12.0. The zero-order chi connectivity index (χ0) is 22.3. The van der Waals surface area contributed by atoms with Crippen molar-refractivity contribution in [2.24, 2.45) is 18.4 Å². The summed E-state index contributed by atoms with van der Waals surface area (Å²) < 4.78 is 11.5. The number of aryl methyl sites for hydroxylation is 2. The molecular formula is C30H36N+. The zero-order valence-electron chi connectivity index (χ0n) is 20.3. The first kappa shape index (κ1) is 19.3. The van der Waals surface area contributed by atoms with Gasteiger partial charge in [0, 0.05) is 19.1 Å². The van der Waals surface area contributed by atoms with E-state index in [4.69, 9.17) is 0 Å². The van der Waals surface area contributed by atoms with Crippen LogP contribution in [0, 0.1) is 18.3 Å². The van der Waals surface area contributed by atoms with Gasteiger partial charge in [-0.1, -0.05) is 62.2 Å².